The van der Waals surface area contributed by atoms with Crippen molar-refractivity contribution in [1.29, 1.82) is 0 Å². The average molecular weight is 379 g/mol. The average Bonchev–Trinajstić information content (AvgIpc) is 2.61. The number of ether oxygens (including phenoxy) is 1. The number of nitrogens with one attached hydrogen (secondary N) is 2. The van der Waals surface area contributed by atoms with Crippen molar-refractivity contribution in [3.63, 3.8) is 0 Å². The lowest BCUT2D eigenvalue weighted by atomic mass is 10.2. The predicted molar refractivity (Wildman–Crippen MR) is 93.4 cm³/mol. The van der Waals surface area contributed by atoms with E-state index in [1.54, 1.807) is 24.3 Å². The minimum atomic E-state index is -4.52. The fourth-order valence-corrected chi connectivity index (χ4v) is 2.11. The second-order valence-corrected chi connectivity index (χ2v) is 5.34. The molecule has 0 aliphatic carbocycles. The molecule has 142 valence electrons. The number of anilines is 1. The molecule has 2 aromatic rings. The molecule has 2 N–H and O–H groups in total. The highest BCUT2D eigenvalue weighted by molar-refractivity contribution is 6.03. The maximum Gasteiger partial charge on any atom is 0.416 e. The molecule has 0 bridgehead atoms. The van der Waals surface area contributed by atoms with Gasteiger partial charge in [-0.05, 0) is 30.3 Å². The number of para-hydroxylation sites is 1. The second-order valence-electron chi connectivity index (χ2n) is 5.34. The standard InChI is InChI=1S/C18H16F3N3O3/c1-27-15-8-3-2-5-12(15)11-22-24-17(26)10-16(25)23-14-7-4-6-13(9-14)18(19,20)21/h2-9,11H,10H2,1H3,(H,23,25)(H,24,26). The van der Waals surface area contributed by atoms with Crippen LogP contribution in [0.5, 0.6) is 5.75 Å². The monoisotopic (exact) mass is 379 g/mol. The number of nitrogens with zero attached hydrogens (tertiary/aromatic N) is 1. The third-order valence-corrected chi connectivity index (χ3v) is 3.33. The van der Waals surface area contributed by atoms with Crippen LogP contribution in [0.2, 0.25) is 0 Å². The van der Waals surface area contributed by atoms with Gasteiger partial charge in [0.25, 0.3) is 0 Å². The van der Waals surface area contributed by atoms with Crippen molar-refractivity contribution in [1.82, 2.24) is 5.43 Å². The van der Waals surface area contributed by atoms with Crippen LogP contribution >= 0.6 is 0 Å². The smallest absolute Gasteiger partial charge is 0.416 e. The molecule has 0 saturated heterocycles. The zero-order valence-corrected chi connectivity index (χ0v) is 14.2. The molecular formula is C18H16F3N3O3. The Labute approximate surface area is 153 Å². The molecule has 0 radical (unpaired) electrons. The van der Waals surface area contributed by atoms with Crippen molar-refractivity contribution < 1.29 is 27.5 Å². The summed E-state index contributed by atoms with van der Waals surface area (Å²) in [4.78, 5) is 23.5. The highest BCUT2D eigenvalue weighted by atomic mass is 19.4. The Kier molecular flexibility index (Phi) is 6.53. The first kappa shape index (κ1) is 20.0. The first-order valence-electron chi connectivity index (χ1n) is 7.71. The largest absolute Gasteiger partial charge is 0.496 e. The maximum absolute atomic E-state index is 12.6. The third kappa shape index (κ3) is 6.14. The van der Waals surface area contributed by atoms with Crippen LogP contribution in [0.25, 0.3) is 0 Å². The molecule has 0 spiro atoms. The van der Waals surface area contributed by atoms with Gasteiger partial charge in [0.15, 0.2) is 0 Å². The summed E-state index contributed by atoms with van der Waals surface area (Å²) < 4.78 is 43.1. The molecule has 0 aliphatic rings. The molecule has 0 heterocycles. The number of amides is 2. The molecule has 0 saturated carbocycles. The first-order valence-corrected chi connectivity index (χ1v) is 7.71. The van der Waals surface area contributed by atoms with E-state index in [0.717, 1.165) is 18.2 Å². The van der Waals surface area contributed by atoms with Gasteiger partial charge in [-0.1, -0.05) is 18.2 Å². The molecular weight excluding hydrogens is 363 g/mol. The van der Waals surface area contributed by atoms with Crippen LogP contribution in [-0.2, 0) is 15.8 Å². The Morgan fingerprint density at radius 1 is 1.11 bits per heavy atom. The third-order valence-electron chi connectivity index (χ3n) is 3.33. The Morgan fingerprint density at radius 2 is 1.85 bits per heavy atom. The van der Waals surface area contributed by atoms with E-state index in [1.165, 1.54) is 19.4 Å². The number of benzene rings is 2. The fourth-order valence-electron chi connectivity index (χ4n) is 2.11. The topological polar surface area (TPSA) is 79.8 Å². The summed E-state index contributed by atoms with van der Waals surface area (Å²) >= 11 is 0. The molecule has 2 aromatic carbocycles. The second kappa shape index (κ2) is 8.84. The molecule has 0 fully saturated rings. The van der Waals surface area contributed by atoms with Gasteiger partial charge >= 0.3 is 6.18 Å². The van der Waals surface area contributed by atoms with Crippen LogP contribution < -0.4 is 15.5 Å². The van der Waals surface area contributed by atoms with E-state index in [0.29, 0.717) is 11.3 Å². The van der Waals surface area contributed by atoms with E-state index in [-0.39, 0.29) is 5.69 Å². The predicted octanol–water partition coefficient (Wildman–Crippen LogP) is 3.19. The molecule has 0 atom stereocenters. The van der Waals surface area contributed by atoms with Gasteiger partial charge in [0.2, 0.25) is 11.8 Å². The van der Waals surface area contributed by atoms with E-state index in [4.69, 9.17) is 4.74 Å². The summed E-state index contributed by atoms with van der Waals surface area (Å²) in [6, 6.07) is 11.1. The SMILES string of the molecule is COc1ccccc1C=NNC(=O)CC(=O)Nc1cccc(C(F)(F)F)c1. The number of rotatable bonds is 6. The lowest BCUT2D eigenvalue weighted by Crippen LogP contribution is -2.24. The van der Waals surface area contributed by atoms with Crippen LogP contribution in [0.4, 0.5) is 18.9 Å². The molecule has 2 amide bonds. The summed E-state index contributed by atoms with van der Waals surface area (Å²) in [6.45, 7) is 0. The van der Waals surface area contributed by atoms with Crippen molar-refractivity contribution in [3.05, 3.63) is 59.7 Å². The first-order chi connectivity index (χ1) is 12.8. The van der Waals surface area contributed by atoms with Gasteiger partial charge in [0.1, 0.15) is 12.2 Å². The van der Waals surface area contributed by atoms with E-state index < -0.39 is 30.0 Å². The van der Waals surface area contributed by atoms with Crippen LogP contribution in [-0.4, -0.2) is 25.1 Å². The van der Waals surface area contributed by atoms with Gasteiger partial charge in [-0.2, -0.15) is 18.3 Å². The summed E-state index contributed by atoms with van der Waals surface area (Å²) in [5.41, 5.74) is 1.84. The van der Waals surface area contributed by atoms with Crippen molar-refractivity contribution in [3.8, 4) is 5.75 Å². The summed E-state index contributed by atoms with van der Waals surface area (Å²) in [6.07, 6.45) is -3.77. The van der Waals surface area contributed by atoms with Gasteiger partial charge in [-0.15, -0.1) is 0 Å². The summed E-state index contributed by atoms with van der Waals surface area (Å²) in [7, 11) is 1.49. The van der Waals surface area contributed by atoms with Gasteiger partial charge < -0.3 is 10.1 Å². The van der Waals surface area contributed by atoms with Crippen LogP contribution in [0.3, 0.4) is 0 Å². The molecule has 0 aliphatic heterocycles. The fraction of sp³-hybridized carbons (Fsp3) is 0.167. The van der Waals surface area contributed by atoms with E-state index in [1.807, 2.05) is 0 Å². The Hall–Kier alpha value is -3.36. The molecule has 0 aromatic heterocycles. The lowest BCUT2D eigenvalue weighted by Gasteiger charge is -2.09. The number of carbonyl (C=O) groups excluding carboxylic acids is 2. The van der Waals surface area contributed by atoms with Crippen LogP contribution in [0, 0.1) is 0 Å². The number of methoxy groups -OCH3 is 1. The van der Waals surface area contributed by atoms with Gasteiger partial charge in [-0.3, -0.25) is 9.59 Å². The zero-order chi connectivity index (χ0) is 19.9. The number of halogens is 3. The Bertz CT molecular complexity index is 851. The van der Waals surface area contributed by atoms with Crippen molar-refractivity contribution in [2.75, 3.05) is 12.4 Å². The van der Waals surface area contributed by atoms with Gasteiger partial charge in [-0.25, -0.2) is 5.43 Å². The maximum atomic E-state index is 12.6. The normalized spacial score (nSPS) is 11.3. The number of hydrogen-bond donors (Lipinski definition) is 2. The van der Waals surface area contributed by atoms with Crippen molar-refractivity contribution >= 4 is 23.7 Å². The van der Waals surface area contributed by atoms with E-state index in [9.17, 15) is 22.8 Å². The van der Waals surface area contributed by atoms with Gasteiger partial charge in [0.05, 0.1) is 18.9 Å². The number of alkyl halides is 3. The molecule has 6 nitrogen and oxygen atoms in total. The van der Waals surface area contributed by atoms with E-state index >= 15 is 0 Å². The minimum Gasteiger partial charge on any atom is -0.496 e. The Morgan fingerprint density at radius 3 is 2.56 bits per heavy atom. The molecule has 2 rings (SSSR count). The number of hydrogen-bond acceptors (Lipinski definition) is 4. The summed E-state index contributed by atoms with van der Waals surface area (Å²) in [5.74, 6) is -0.928. The van der Waals surface area contributed by atoms with Crippen molar-refractivity contribution in [2.45, 2.75) is 12.6 Å². The van der Waals surface area contributed by atoms with E-state index in [2.05, 4.69) is 15.8 Å². The summed E-state index contributed by atoms with van der Waals surface area (Å²) in [5, 5.41) is 5.96. The molecule has 9 heteroatoms. The quantitative estimate of drug-likeness (QED) is 0.460. The molecule has 0 unspecified atom stereocenters. The lowest BCUT2D eigenvalue weighted by molar-refractivity contribution is -0.137. The van der Waals surface area contributed by atoms with Crippen LogP contribution in [0.1, 0.15) is 17.5 Å². The number of hydrazone groups is 1. The van der Waals surface area contributed by atoms with Gasteiger partial charge in [0, 0.05) is 11.3 Å². The highest BCUT2D eigenvalue weighted by Gasteiger charge is 2.30. The molecule has 27 heavy (non-hydrogen) atoms. The zero-order valence-electron chi connectivity index (χ0n) is 14.2. The van der Waals surface area contributed by atoms with Crippen molar-refractivity contribution in [2.24, 2.45) is 5.10 Å². The minimum absolute atomic E-state index is 0.0554. The highest BCUT2D eigenvalue weighted by Crippen LogP contribution is 2.30. The Balaban J connectivity index is 1.89. The van der Waals surface area contributed by atoms with Crippen LogP contribution in [0.15, 0.2) is 53.6 Å². The number of carbonyl (C=O) groups is 2.